The maximum absolute atomic E-state index is 6.17. The maximum atomic E-state index is 6.17. The van der Waals surface area contributed by atoms with E-state index in [0.717, 1.165) is 6.54 Å². The topological polar surface area (TPSA) is 32.5 Å². The van der Waals surface area contributed by atoms with Crippen LogP contribution in [0, 0.1) is 5.92 Å². The first-order valence-electron chi connectivity index (χ1n) is 6.37. The predicted octanol–water partition coefficient (Wildman–Crippen LogP) is 0.997. The molecule has 1 saturated heterocycles. The Kier molecular flexibility index (Phi) is 5.58. The predicted molar refractivity (Wildman–Crippen MR) is 66.0 cm³/mol. The smallest absolute Gasteiger partial charge is 0.0193 e. The van der Waals surface area contributed by atoms with Gasteiger partial charge in [0.1, 0.15) is 0 Å². The number of hydrogen-bond acceptors (Lipinski definition) is 3. The molecule has 3 heteroatoms. The molecule has 0 radical (unpaired) electrons. The van der Waals surface area contributed by atoms with Gasteiger partial charge in [-0.3, -0.25) is 4.90 Å². The summed E-state index contributed by atoms with van der Waals surface area (Å²) < 4.78 is 0. The first kappa shape index (κ1) is 12.9. The maximum Gasteiger partial charge on any atom is 0.0193 e. The van der Waals surface area contributed by atoms with E-state index in [0.29, 0.717) is 12.0 Å². The molecule has 0 aliphatic carbocycles. The monoisotopic (exact) mass is 213 g/mol. The Labute approximate surface area is 94.6 Å². The highest BCUT2D eigenvalue weighted by atomic mass is 15.3. The van der Waals surface area contributed by atoms with E-state index in [4.69, 9.17) is 5.73 Å². The second kappa shape index (κ2) is 6.46. The van der Waals surface area contributed by atoms with Gasteiger partial charge in [0.2, 0.25) is 0 Å². The number of likely N-dealkylation sites (N-methyl/N-ethyl adjacent to an activating group) is 1. The van der Waals surface area contributed by atoms with Gasteiger partial charge in [-0.25, -0.2) is 0 Å². The molecule has 0 spiro atoms. The Morgan fingerprint density at radius 2 is 1.60 bits per heavy atom. The quantitative estimate of drug-likeness (QED) is 0.739. The molecular weight excluding hydrogens is 186 g/mol. The van der Waals surface area contributed by atoms with Gasteiger partial charge in [0.05, 0.1) is 0 Å². The molecule has 0 bridgehead atoms. The molecule has 0 amide bonds. The van der Waals surface area contributed by atoms with Crippen LogP contribution in [-0.4, -0.2) is 55.1 Å². The van der Waals surface area contributed by atoms with E-state index in [2.05, 4.69) is 30.6 Å². The molecule has 0 aromatic carbocycles. The van der Waals surface area contributed by atoms with Gasteiger partial charge in [-0.15, -0.1) is 0 Å². The second-order valence-electron chi connectivity index (χ2n) is 4.78. The summed E-state index contributed by atoms with van der Waals surface area (Å²) in [5.74, 6) is 0.647. The van der Waals surface area contributed by atoms with E-state index in [9.17, 15) is 0 Å². The van der Waals surface area contributed by atoms with Crippen LogP contribution in [0.5, 0.6) is 0 Å². The minimum absolute atomic E-state index is 0.350. The van der Waals surface area contributed by atoms with E-state index < -0.39 is 0 Å². The largest absolute Gasteiger partial charge is 0.326 e. The summed E-state index contributed by atoms with van der Waals surface area (Å²) in [6.45, 7) is 13.8. The molecule has 1 aliphatic rings. The minimum atomic E-state index is 0.350. The standard InChI is InChI=1S/C12H27N3/c1-4-11(3)12(13)10-15-8-6-14(5-2)7-9-15/h11-12H,4-10,13H2,1-3H3. The first-order chi connectivity index (χ1) is 7.17. The Bertz CT molecular complexity index is 164. The van der Waals surface area contributed by atoms with Crippen molar-refractivity contribution >= 4 is 0 Å². The molecule has 2 unspecified atom stereocenters. The molecule has 2 atom stereocenters. The number of nitrogens with two attached hydrogens (primary N) is 1. The Morgan fingerprint density at radius 1 is 1.07 bits per heavy atom. The molecular formula is C12H27N3. The highest BCUT2D eigenvalue weighted by Gasteiger charge is 2.19. The van der Waals surface area contributed by atoms with Crippen LogP contribution in [-0.2, 0) is 0 Å². The van der Waals surface area contributed by atoms with E-state index >= 15 is 0 Å². The zero-order valence-corrected chi connectivity index (χ0v) is 10.6. The molecule has 0 aromatic rings. The Balaban J connectivity index is 2.23. The third kappa shape index (κ3) is 4.09. The number of hydrogen-bond donors (Lipinski definition) is 1. The van der Waals surface area contributed by atoms with Gasteiger partial charge >= 0.3 is 0 Å². The third-order valence-corrected chi connectivity index (χ3v) is 3.76. The molecule has 15 heavy (non-hydrogen) atoms. The van der Waals surface area contributed by atoms with Crippen LogP contribution >= 0.6 is 0 Å². The highest BCUT2D eigenvalue weighted by molar-refractivity contribution is 4.77. The van der Waals surface area contributed by atoms with E-state index in [-0.39, 0.29) is 0 Å². The number of rotatable bonds is 5. The van der Waals surface area contributed by atoms with Gasteiger partial charge in [0.15, 0.2) is 0 Å². The summed E-state index contributed by atoms with van der Waals surface area (Å²) >= 11 is 0. The van der Waals surface area contributed by atoms with Crippen LogP contribution in [0.1, 0.15) is 27.2 Å². The first-order valence-corrected chi connectivity index (χ1v) is 6.37. The van der Waals surface area contributed by atoms with Crippen molar-refractivity contribution < 1.29 is 0 Å². The lowest BCUT2D eigenvalue weighted by atomic mass is 9.99. The zero-order chi connectivity index (χ0) is 11.3. The fraction of sp³-hybridized carbons (Fsp3) is 1.00. The normalized spacial score (nSPS) is 24.0. The van der Waals surface area contributed by atoms with Crippen LogP contribution in [0.4, 0.5) is 0 Å². The van der Waals surface area contributed by atoms with Crippen molar-refractivity contribution in [2.75, 3.05) is 39.3 Å². The fourth-order valence-electron chi connectivity index (χ4n) is 2.07. The van der Waals surface area contributed by atoms with Crippen LogP contribution in [0.2, 0.25) is 0 Å². The van der Waals surface area contributed by atoms with Gasteiger partial charge in [-0.05, 0) is 12.5 Å². The lowest BCUT2D eigenvalue weighted by molar-refractivity contribution is 0.125. The van der Waals surface area contributed by atoms with Crippen LogP contribution < -0.4 is 5.73 Å². The molecule has 0 saturated carbocycles. The van der Waals surface area contributed by atoms with Gasteiger partial charge in [0.25, 0.3) is 0 Å². The molecule has 3 nitrogen and oxygen atoms in total. The van der Waals surface area contributed by atoms with Crippen molar-refractivity contribution in [3.05, 3.63) is 0 Å². The lowest BCUT2D eigenvalue weighted by Crippen LogP contribution is -2.50. The van der Waals surface area contributed by atoms with Crippen LogP contribution in [0.3, 0.4) is 0 Å². The van der Waals surface area contributed by atoms with Crippen molar-refractivity contribution in [2.24, 2.45) is 11.7 Å². The van der Waals surface area contributed by atoms with Crippen LogP contribution in [0.25, 0.3) is 0 Å². The molecule has 90 valence electrons. The summed E-state index contributed by atoms with van der Waals surface area (Å²) in [4.78, 5) is 5.02. The number of piperazine rings is 1. The second-order valence-corrected chi connectivity index (χ2v) is 4.78. The molecule has 1 rings (SSSR count). The van der Waals surface area contributed by atoms with Crippen molar-refractivity contribution in [3.63, 3.8) is 0 Å². The molecule has 1 heterocycles. The van der Waals surface area contributed by atoms with Crippen LogP contribution in [0.15, 0.2) is 0 Å². The van der Waals surface area contributed by atoms with E-state index in [1.807, 2.05) is 0 Å². The summed E-state index contributed by atoms with van der Waals surface area (Å²) in [5, 5.41) is 0. The van der Waals surface area contributed by atoms with E-state index in [1.165, 1.54) is 39.1 Å². The van der Waals surface area contributed by atoms with Gasteiger partial charge in [-0.2, -0.15) is 0 Å². The average Bonchev–Trinajstić information content (AvgIpc) is 2.29. The summed E-state index contributed by atoms with van der Waals surface area (Å²) in [6, 6.07) is 0.350. The van der Waals surface area contributed by atoms with Gasteiger partial charge in [-0.1, -0.05) is 27.2 Å². The van der Waals surface area contributed by atoms with Gasteiger partial charge in [0, 0.05) is 38.8 Å². The summed E-state index contributed by atoms with van der Waals surface area (Å²) in [7, 11) is 0. The van der Waals surface area contributed by atoms with Crippen molar-refractivity contribution in [1.82, 2.24) is 9.80 Å². The molecule has 0 aromatic heterocycles. The average molecular weight is 213 g/mol. The number of nitrogens with zero attached hydrogens (tertiary/aromatic N) is 2. The summed E-state index contributed by atoms with van der Waals surface area (Å²) in [5.41, 5.74) is 6.17. The highest BCUT2D eigenvalue weighted by Crippen LogP contribution is 2.08. The molecule has 2 N–H and O–H groups in total. The van der Waals surface area contributed by atoms with E-state index in [1.54, 1.807) is 0 Å². The fourth-order valence-corrected chi connectivity index (χ4v) is 2.07. The third-order valence-electron chi connectivity index (χ3n) is 3.76. The SMILES string of the molecule is CCC(C)C(N)CN1CCN(CC)CC1. The molecule has 1 aliphatic heterocycles. The van der Waals surface area contributed by atoms with Gasteiger partial charge < -0.3 is 10.6 Å². The lowest BCUT2D eigenvalue weighted by Gasteiger charge is -2.36. The Morgan fingerprint density at radius 3 is 2.07 bits per heavy atom. The van der Waals surface area contributed by atoms with Crippen molar-refractivity contribution in [3.8, 4) is 0 Å². The summed E-state index contributed by atoms with van der Waals surface area (Å²) in [6.07, 6.45) is 1.19. The Hall–Kier alpha value is -0.120. The van der Waals surface area contributed by atoms with Crippen molar-refractivity contribution in [1.29, 1.82) is 0 Å². The van der Waals surface area contributed by atoms with Crippen molar-refractivity contribution in [2.45, 2.75) is 33.2 Å². The minimum Gasteiger partial charge on any atom is -0.326 e. The zero-order valence-electron chi connectivity index (χ0n) is 10.6. The molecule has 1 fully saturated rings.